The van der Waals surface area contributed by atoms with E-state index in [2.05, 4.69) is 9.71 Å². The lowest BCUT2D eigenvalue weighted by atomic mass is 10.3. The molecule has 2 heterocycles. The summed E-state index contributed by atoms with van der Waals surface area (Å²) in [6.07, 6.45) is 1.54. The Bertz CT molecular complexity index is 885. The highest BCUT2D eigenvalue weighted by atomic mass is 32.2. The van der Waals surface area contributed by atoms with E-state index in [1.165, 1.54) is 33.9 Å². The topological polar surface area (TPSA) is 89.5 Å². The molecule has 0 radical (unpaired) electrons. The van der Waals surface area contributed by atoms with Gasteiger partial charge < -0.3 is 5.73 Å². The number of benzene rings is 1. The third-order valence-electron chi connectivity index (χ3n) is 2.62. The first-order chi connectivity index (χ1) is 9.49. The smallest absolute Gasteiger partial charge is 0.281 e. The van der Waals surface area contributed by atoms with Crippen LogP contribution in [0, 0.1) is 5.82 Å². The lowest BCUT2D eigenvalue weighted by molar-refractivity contribution is 0.595. The van der Waals surface area contributed by atoms with Crippen LogP contribution < -0.4 is 10.5 Å². The second-order valence-electron chi connectivity index (χ2n) is 3.94. The Morgan fingerprint density at radius 2 is 2.10 bits per heavy atom. The van der Waals surface area contributed by atoms with E-state index in [0.29, 0.717) is 4.96 Å². The standard InChI is InChI=1S/C11H9FN4O2S2/c12-7-3-1-2-4-8(7)15-20(17,18)10-9(13)14-11-16(10)5-6-19-11/h1-6,15H,13H2. The van der Waals surface area contributed by atoms with Crippen molar-refractivity contribution in [1.29, 1.82) is 0 Å². The minimum atomic E-state index is -4.03. The summed E-state index contributed by atoms with van der Waals surface area (Å²) in [4.78, 5) is 4.40. The van der Waals surface area contributed by atoms with Crippen LogP contribution >= 0.6 is 11.3 Å². The molecule has 3 rings (SSSR count). The van der Waals surface area contributed by atoms with Crippen LogP contribution in [0.3, 0.4) is 0 Å². The molecule has 3 aromatic rings. The van der Waals surface area contributed by atoms with E-state index >= 15 is 0 Å². The summed E-state index contributed by atoms with van der Waals surface area (Å²) >= 11 is 1.25. The van der Waals surface area contributed by atoms with Crippen molar-refractivity contribution in [2.45, 2.75) is 5.03 Å². The zero-order valence-electron chi connectivity index (χ0n) is 9.95. The molecular formula is C11H9FN4O2S2. The molecule has 0 saturated carbocycles. The van der Waals surface area contributed by atoms with Crippen molar-refractivity contribution < 1.29 is 12.8 Å². The Morgan fingerprint density at radius 3 is 2.85 bits per heavy atom. The van der Waals surface area contributed by atoms with Crippen molar-refractivity contribution in [2.75, 3.05) is 10.5 Å². The summed E-state index contributed by atoms with van der Waals surface area (Å²) in [6.45, 7) is 0. The third-order valence-corrected chi connectivity index (χ3v) is 4.78. The largest absolute Gasteiger partial charge is 0.381 e. The number of fused-ring (bicyclic) bond motifs is 1. The molecule has 104 valence electrons. The van der Waals surface area contributed by atoms with Crippen LogP contribution in [0.4, 0.5) is 15.9 Å². The van der Waals surface area contributed by atoms with E-state index in [-0.39, 0.29) is 16.5 Å². The summed E-state index contributed by atoms with van der Waals surface area (Å²) in [5.74, 6) is -0.790. The molecule has 0 aliphatic heterocycles. The van der Waals surface area contributed by atoms with Gasteiger partial charge in [-0.1, -0.05) is 12.1 Å². The minimum Gasteiger partial charge on any atom is -0.381 e. The molecule has 0 amide bonds. The van der Waals surface area contributed by atoms with Gasteiger partial charge in [0.2, 0.25) is 5.03 Å². The number of aromatic nitrogens is 2. The average molecular weight is 312 g/mol. The molecule has 0 aliphatic carbocycles. The van der Waals surface area contributed by atoms with Crippen LogP contribution in [0.5, 0.6) is 0 Å². The predicted octanol–water partition coefficient (Wildman–Crippen LogP) is 1.92. The molecule has 0 spiro atoms. The van der Waals surface area contributed by atoms with Crippen molar-refractivity contribution >= 4 is 37.8 Å². The van der Waals surface area contributed by atoms with Gasteiger partial charge in [0.15, 0.2) is 10.8 Å². The highest BCUT2D eigenvalue weighted by molar-refractivity contribution is 7.92. The maximum Gasteiger partial charge on any atom is 0.281 e. The molecule has 0 unspecified atom stereocenters. The summed E-state index contributed by atoms with van der Waals surface area (Å²) in [7, 11) is -4.03. The van der Waals surface area contributed by atoms with Gasteiger partial charge in [0.1, 0.15) is 5.82 Å². The maximum absolute atomic E-state index is 13.5. The minimum absolute atomic E-state index is 0.124. The lowest BCUT2D eigenvalue weighted by Gasteiger charge is -2.08. The quantitative estimate of drug-likeness (QED) is 0.773. The van der Waals surface area contributed by atoms with E-state index in [0.717, 1.165) is 6.07 Å². The Labute approximate surface area is 117 Å². The fraction of sp³-hybridized carbons (Fsp3) is 0. The number of imidazole rings is 1. The number of nitrogen functional groups attached to an aromatic ring is 1. The van der Waals surface area contributed by atoms with E-state index < -0.39 is 15.8 Å². The number of hydrogen-bond donors (Lipinski definition) is 2. The van der Waals surface area contributed by atoms with Gasteiger partial charge in [0.25, 0.3) is 10.0 Å². The van der Waals surface area contributed by atoms with Gasteiger partial charge >= 0.3 is 0 Å². The van der Waals surface area contributed by atoms with Gasteiger partial charge in [-0.2, -0.15) is 8.42 Å². The van der Waals surface area contributed by atoms with Crippen molar-refractivity contribution in [1.82, 2.24) is 9.38 Å². The molecule has 0 atom stereocenters. The number of thiazole rings is 1. The number of anilines is 2. The molecule has 3 N–H and O–H groups in total. The van der Waals surface area contributed by atoms with Gasteiger partial charge in [-0.05, 0) is 12.1 Å². The first-order valence-electron chi connectivity index (χ1n) is 5.47. The molecule has 0 fully saturated rings. The lowest BCUT2D eigenvalue weighted by Crippen LogP contribution is -2.17. The Morgan fingerprint density at radius 1 is 1.35 bits per heavy atom. The summed E-state index contributed by atoms with van der Waals surface area (Å²) in [5.41, 5.74) is 5.50. The normalized spacial score (nSPS) is 11.8. The number of hydrogen-bond acceptors (Lipinski definition) is 5. The number of rotatable bonds is 3. The van der Waals surface area contributed by atoms with Crippen LogP contribution in [-0.2, 0) is 10.0 Å². The Kier molecular flexibility index (Phi) is 2.87. The van der Waals surface area contributed by atoms with Crippen molar-refractivity contribution in [2.24, 2.45) is 0 Å². The van der Waals surface area contributed by atoms with Crippen LogP contribution in [0.2, 0.25) is 0 Å². The molecule has 9 heteroatoms. The van der Waals surface area contributed by atoms with Crippen molar-refractivity contribution in [3.63, 3.8) is 0 Å². The first-order valence-corrected chi connectivity index (χ1v) is 7.84. The zero-order chi connectivity index (χ0) is 14.3. The zero-order valence-corrected chi connectivity index (χ0v) is 11.6. The van der Waals surface area contributed by atoms with E-state index in [9.17, 15) is 12.8 Å². The van der Waals surface area contributed by atoms with Crippen LogP contribution in [-0.4, -0.2) is 17.8 Å². The van der Waals surface area contributed by atoms with Gasteiger partial charge in [0.05, 0.1) is 5.69 Å². The predicted molar refractivity (Wildman–Crippen MR) is 74.7 cm³/mol. The number of para-hydroxylation sites is 1. The van der Waals surface area contributed by atoms with Crippen LogP contribution in [0.1, 0.15) is 0 Å². The first kappa shape index (κ1) is 12.9. The Hall–Kier alpha value is -2.13. The SMILES string of the molecule is Nc1nc2sccn2c1S(=O)(=O)Nc1ccccc1F. The van der Waals surface area contributed by atoms with Crippen LogP contribution in [0.25, 0.3) is 4.96 Å². The molecule has 20 heavy (non-hydrogen) atoms. The van der Waals surface area contributed by atoms with E-state index in [1.54, 1.807) is 11.6 Å². The molecule has 0 aliphatic rings. The number of sulfonamides is 1. The van der Waals surface area contributed by atoms with Gasteiger partial charge in [-0.25, -0.2) is 9.37 Å². The molecule has 0 bridgehead atoms. The summed E-state index contributed by atoms with van der Waals surface area (Å²) in [6, 6.07) is 5.49. The molecule has 6 nitrogen and oxygen atoms in total. The monoisotopic (exact) mass is 312 g/mol. The molecular weight excluding hydrogens is 303 g/mol. The van der Waals surface area contributed by atoms with Crippen molar-refractivity contribution in [3.05, 3.63) is 41.7 Å². The summed E-state index contributed by atoms with van der Waals surface area (Å²) in [5, 5.41) is 1.49. The van der Waals surface area contributed by atoms with Crippen LogP contribution in [0.15, 0.2) is 40.9 Å². The van der Waals surface area contributed by atoms with Crippen molar-refractivity contribution in [3.8, 4) is 0 Å². The second-order valence-corrected chi connectivity index (χ2v) is 6.41. The fourth-order valence-electron chi connectivity index (χ4n) is 1.79. The number of nitrogens with zero attached hydrogens (tertiary/aromatic N) is 2. The Balaban J connectivity index is 2.11. The van der Waals surface area contributed by atoms with Gasteiger partial charge in [-0.3, -0.25) is 9.12 Å². The highest BCUT2D eigenvalue weighted by Crippen LogP contribution is 2.26. The molecule has 1 aromatic carbocycles. The second kappa shape index (κ2) is 4.46. The number of nitrogens with one attached hydrogen (secondary N) is 1. The maximum atomic E-state index is 13.5. The third kappa shape index (κ3) is 2.00. The number of nitrogens with two attached hydrogens (primary N) is 1. The average Bonchev–Trinajstić information content (AvgIpc) is 2.91. The fourth-order valence-corrected chi connectivity index (χ4v) is 3.84. The number of halogens is 1. The molecule has 0 saturated heterocycles. The van der Waals surface area contributed by atoms with Gasteiger partial charge in [-0.15, -0.1) is 11.3 Å². The highest BCUT2D eigenvalue weighted by Gasteiger charge is 2.25. The van der Waals surface area contributed by atoms with E-state index in [1.807, 2.05) is 0 Å². The van der Waals surface area contributed by atoms with Gasteiger partial charge in [0, 0.05) is 11.6 Å². The molecule has 2 aromatic heterocycles. The summed E-state index contributed by atoms with van der Waals surface area (Å²) < 4.78 is 41.7. The van der Waals surface area contributed by atoms with E-state index in [4.69, 9.17) is 5.73 Å².